The average Bonchev–Trinajstić information content (AvgIpc) is 2.53. The number of para-hydroxylation sites is 2. The zero-order chi connectivity index (χ0) is 12.6. The molecule has 1 saturated heterocycles. The molecule has 17 heavy (non-hydrogen) atoms. The summed E-state index contributed by atoms with van der Waals surface area (Å²) in [7, 11) is 0. The summed E-state index contributed by atoms with van der Waals surface area (Å²) in [6, 6.07) is 4.89. The Morgan fingerprint density at radius 1 is 1.29 bits per heavy atom. The zero-order valence-corrected chi connectivity index (χ0v) is 8.54. The normalized spacial score (nSPS) is 15.1. The summed E-state index contributed by atoms with van der Waals surface area (Å²) in [6.07, 6.45) is 0. The maximum absolute atomic E-state index is 11.5. The predicted octanol–water partition coefficient (Wildman–Crippen LogP) is 1.16. The van der Waals surface area contributed by atoms with Crippen LogP contribution in [0.25, 0.3) is 0 Å². The van der Waals surface area contributed by atoms with Gasteiger partial charge in [-0.1, -0.05) is 18.7 Å². The van der Waals surface area contributed by atoms with Crippen molar-refractivity contribution in [3.8, 4) is 0 Å². The average molecular weight is 233 g/mol. The predicted molar refractivity (Wildman–Crippen MR) is 58.3 cm³/mol. The van der Waals surface area contributed by atoms with E-state index in [1.54, 1.807) is 0 Å². The van der Waals surface area contributed by atoms with Crippen molar-refractivity contribution in [3.05, 3.63) is 46.7 Å². The van der Waals surface area contributed by atoms with Gasteiger partial charge >= 0.3 is 6.03 Å². The number of anilines is 1. The van der Waals surface area contributed by atoms with Crippen molar-refractivity contribution < 1.29 is 14.5 Å². The summed E-state index contributed by atoms with van der Waals surface area (Å²) in [5, 5.41) is 12.8. The standard InChI is InChI=1S/C10H7N3O4/c1-6-9(14)11-10(15)12(6)7-4-2-3-5-8(7)13(16)17/h2-5H,1H2,(H,11,14,15). The molecule has 1 N–H and O–H groups in total. The first kappa shape index (κ1) is 10.8. The number of nitrogens with zero attached hydrogens (tertiary/aromatic N) is 2. The highest BCUT2D eigenvalue weighted by Gasteiger charge is 2.36. The first-order chi connectivity index (χ1) is 8.02. The molecule has 2 rings (SSSR count). The van der Waals surface area contributed by atoms with Gasteiger partial charge in [-0.2, -0.15) is 0 Å². The van der Waals surface area contributed by atoms with Gasteiger partial charge in [-0.3, -0.25) is 25.1 Å². The minimum Gasteiger partial charge on any atom is -0.272 e. The fourth-order valence-corrected chi connectivity index (χ4v) is 1.51. The van der Waals surface area contributed by atoms with E-state index in [1.165, 1.54) is 24.3 Å². The Balaban J connectivity index is 2.55. The van der Waals surface area contributed by atoms with E-state index in [9.17, 15) is 19.7 Å². The number of urea groups is 1. The van der Waals surface area contributed by atoms with E-state index in [2.05, 4.69) is 6.58 Å². The minimum absolute atomic E-state index is 0.0193. The zero-order valence-electron chi connectivity index (χ0n) is 8.54. The van der Waals surface area contributed by atoms with Crippen LogP contribution in [0, 0.1) is 10.1 Å². The lowest BCUT2D eigenvalue weighted by Crippen LogP contribution is -2.27. The number of nitrogens with one attached hydrogen (secondary N) is 1. The molecule has 0 aromatic heterocycles. The Bertz CT molecular complexity index is 552. The Morgan fingerprint density at radius 2 is 1.94 bits per heavy atom. The molecule has 1 aliphatic rings. The van der Waals surface area contributed by atoms with E-state index in [-0.39, 0.29) is 17.1 Å². The van der Waals surface area contributed by atoms with Crippen molar-refractivity contribution >= 4 is 23.3 Å². The molecule has 0 radical (unpaired) electrons. The third-order valence-corrected chi connectivity index (χ3v) is 2.27. The van der Waals surface area contributed by atoms with Crippen LogP contribution in [-0.2, 0) is 4.79 Å². The summed E-state index contributed by atoms with van der Waals surface area (Å²) >= 11 is 0. The number of benzene rings is 1. The quantitative estimate of drug-likeness (QED) is 0.359. The van der Waals surface area contributed by atoms with E-state index in [4.69, 9.17) is 0 Å². The monoisotopic (exact) mass is 233 g/mol. The maximum Gasteiger partial charge on any atom is 0.333 e. The lowest BCUT2D eigenvalue weighted by Gasteiger charge is -2.13. The Morgan fingerprint density at radius 3 is 2.47 bits per heavy atom. The molecule has 1 fully saturated rings. The molecule has 0 atom stereocenters. The van der Waals surface area contributed by atoms with E-state index >= 15 is 0 Å². The van der Waals surface area contributed by atoms with Crippen LogP contribution in [0.2, 0.25) is 0 Å². The third-order valence-electron chi connectivity index (χ3n) is 2.27. The van der Waals surface area contributed by atoms with Gasteiger partial charge in [0.1, 0.15) is 11.4 Å². The number of hydrogen-bond donors (Lipinski definition) is 1. The smallest absolute Gasteiger partial charge is 0.272 e. The second-order valence-electron chi connectivity index (χ2n) is 3.29. The summed E-state index contributed by atoms with van der Waals surface area (Å²) in [6.45, 7) is 3.41. The van der Waals surface area contributed by atoms with Crippen molar-refractivity contribution in [1.82, 2.24) is 5.32 Å². The van der Waals surface area contributed by atoms with Crippen molar-refractivity contribution in [2.75, 3.05) is 4.90 Å². The lowest BCUT2D eigenvalue weighted by molar-refractivity contribution is -0.384. The fourth-order valence-electron chi connectivity index (χ4n) is 1.51. The highest BCUT2D eigenvalue weighted by molar-refractivity contribution is 6.21. The molecule has 0 bridgehead atoms. The van der Waals surface area contributed by atoms with Crippen LogP contribution in [0.3, 0.4) is 0 Å². The molecular formula is C10H7N3O4. The SMILES string of the molecule is C=C1C(=O)NC(=O)N1c1ccccc1[N+](=O)[O-]. The Kier molecular flexibility index (Phi) is 2.36. The molecule has 0 unspecified atom stereocenters. The summed E-state index contributed by atoms with van der Waals surface area (Å²) in [4.78, 5) is 33.8. The molecular weight excluding hydrogens is 226 g/mol. The molecule has 7 nitrogen and oxygen atoms in total. The second-order valence-corrected chi connectivity index (χ2v) is 3.29. The molecule has 0 aliphatic carbocycles. The van der Waals surface area contributed by atoms with Gasteiger partial charge < -0.3 is 0 Å². The largest absolute Gasteiger partial charge is 0.333 e. The maximum atomic E-state index is 11.5. The van der Waals surface area contributed by atoms with Crippen molar-refractivity contribution in [1.29, 1.82) is 0 Å². The number of nitro groups is 1. The lowest BCUT2D eigenvalue weighted by atomic mass is 10.2. The van der Waals surface area contributed by atoms with Gasteiger partial charge in [0.2, 0.25) is 0 Å². The molecule has 1 aromatic rings. The van der Waals surface area contributed by atoms with E-state index in [0.717, 1.165) is 4.90 Å². The molecule has 86 valence electrons. The number of imide groups is 1. The topological polar surface area (TPSA) is 92.6 Å². The summed E-state index contributed by atoms with van der Waals surface area (Å²) < 4.78 is 0. The van der Waals surface area contributed by atoms with Gasteiger partial charge in [-0.25, -0.2) is 4.79 Å². The molecule has 0 saturated carbocycles. The van der Waals surface area contributed by atoms with Crippen LogP contribution >= 0.6 is 0 Å². The number of carbonyl (C=O) groups is 2. The van der Waals surface area contributed by atoms with Gasteiger partial charge in [0.25, 0.3) is 11.6 Å². The number of amides is 3. The van der Waals surface area contributed by atoms with E-state index in [1.807, 2.05) is 5.32 Å². The third kappa shape index (κ3) is 1.63. The summed E-state index contributed by atoms with van der Waals surface area (Å²) in [5.74, 6) is -0.659. The van der Waals surface area contributed by atoms with Gasteiger partial charge in [0.15, 0.2) is 0 Å². The van der Waals surface area contributed by atoms with Crippen LogP contribution in [0.4, 0.5) is 16.2 Å². The van der Waals surface area contributed by atoms with Crippen LogP contribution in [0.1, 0.15) is 0 Å². The molecule has 1 aromatic carbocycles. The first-order valence-corrected chi connectivity index (χ1v) is 4.60. The fraction of sp³-hybridized carbons (Fsp3) is 0. The molecule has 1 aliphatic heterocycles. The Labute approximate surface area is 95.5 Å². The van der Waals surface area contributed by atoms with Gasteiger partial charge in [0.05, 0.1) is 4.92 Å². The van der Waals surface area contributed by atoms with Crippen molar-refractivity contribution in [3.63, 3.8) is 0 Å². The van der Waals surface area contributed by atoms with Crippen molar-refractivity contribution in [2.45, 2.75) is 0 Å². The van der Waals surface area contributed by atoms with Crippen LogP contribution in [-0.4, -0.2) is 16.9 Å². The number of hydrogen-bond acceptors (Lipinski definition) is 4. The Hall–Kier alpha value is -2.70. The molecule has 1 heterocycles. The molecule has 0 spiro atoms. The molecule has 7 heteroatoms. The minimum atomic E-state index is -0.741. The van der Waals surface area contributed by atoms with Crippen LogP contribution in [0.15, 0.2) is 36.5 Å². The van der Waals surface area contributed by atoms with E-state index < -0.39 is 16.9 Å². The molecule has 3 amide bonds. The number of rotatable bonds is 2. The number of carbonyl (C=O) groups excluding carboxylic acids is 2. The van der Waals surface area contributed by atoms with Gasteiger partial charge in [-0.05, 0) is 6.07 Å². The van der Waals surface area contributed by atoms with Gasteiger partial charge in [-0.15, -0.1) is 0 Å². The summed E-state index contributed by atoms with van der Waals surface area (Å²) in [5.41, 5.74) is -0.381. The van der Waals surface area contributed by atoms with Crippen LogP contribution in [0.5, 0.6) is 0 Å². The van der Waals surface area contributed by atoms with Crippen LogP contribution < -0.4 is 10.2 Å². The first-order valence-electron chi connectivity index (χ1n) is 4.60. The van der Waals surface area contributed by atoms with E-state index in [0.29, 0.717) is 0 Å². The second kappa shape index (κ2) is 3.71. The van der Waals surface area contributed by atoms with Crippen molar-refractivity contribution in [2.24, 2.45) is 0 Å². The number of nitro benzene ring substituents is 1. The highest BCUT2D eigenvalue weighted by Crippen LogP contribution is 2.31. The van der Waals surface area contributed by atoms with Gasteiger partial charge in [0, 0.05) is 6.07 Å². The highest BCUT2D eigenvalue weighted by atomic mass is 16.6.